The number of rotatable bonds is 2. The van der Waals surface area contributed by atoms with Gasteiger partial charge in [-0.05, 0) is 39.3 Å². The van der Waals surface area contributed by atoms with Crippen molar-refractivity contribution in [2.24, 2.45) is 0 Å². The number of benzene rings is 1. The van der Waals surface area contributed by atoms with Gasteiger partial charge in [0.05, 0.1) is 16.2 Å². The van der Waals surface area contributed by atoms with E-state index in [4.69, 9.17) is 0 Å². The zero-order valence-electron chi connectivity index (χ0n) is 15.7. The summed E-state index contributed by atoms with van der Waals surface area (Å²) in [6, 6.07) is 12.1. The summed E-state index contributed by atoms with van der Waals surface area (Å²) in [4.78, 5) is 21.7. The number of aryl methyl sites for hydroxylation is 3. The molecular formula is C20H21N5OS. The number of carbonyl (C=O) groups is 1. The fraction of sp³-hybridized carbons (Fsp3) is 0.300. The summed E-state index contributed by atoms with van der Waals surface area (Å²) >= 11 is 1.63. The molecule has 3 aromatic rings. The summed E-state index contributed by atoms with van der Waals surface area (Å²) in [7, 11) is 0. The average Bonchev–Trinajstić information content (AvgIpc) is 2.88. The number of anilines is 1. The lowest BCUT2D eigenvalue weighted by Crippen LogP contribution is -2.23. The van der Waals surface area contributed by atoms with E-state index in [1.54, 1.807) is 16.4 Å². The summed E-state index contributed by atoms with van der Waals surface area (Å²) in [6.07, 6.45) is 0. The van der Waals surface area contributed by atoms with Crippen molar-refractivity contribution in [3.05, 3.63) is 64.6 Å². The van der Waals surface area contributed by atoms with Crippen LogP contribution in [-0.4, -0.2) is 30.9 Å². The van der Waals surface area contributed by atoms with Crippen molar-refractivity contribution in [2.45, 2.75) is 38.2 Å². The Labute approximate surface area is 162 Å². The molecule has 0 saturated carbocycles. The summed E-state index contributed by atoms with van der Waals surface area (Å²) in [5.41, 5.74) is 4.75. The molecule has 138 valence electrons. The number of nitrogens with one attached hydrogen (secondary N) is 1. The van der Waals surface area contributed by atoms with E-state index in [1.165, 1.54) is 0 Å². The molecule has 7 heteroatoms. The monoisotopic (exact) mass is 379 g/mol. The Morgan fingerprint density at radius 3 is 2.41 bits per heavy atom. The Bertz CT molecular complexity index is 994. The smallest absolute Gasteiger partial charge is 0.252 e. The van der Waals surface area contributed by atoms with Gasteiger partial charge in [0.15, 0.2) is 0 Å². The molecule has 0 radical (unpaired) electrons. The maximum absolute atomic E-state index is 12.7. The number of hydrogen-bond donors (Lipinski definition) is 1. The van der Waals surface area contributed by atoms with E-state index >= 15 is 0 Å². The fourth-order valence-electron chi connectivity index (χ4n) is 3.35. The van der Waals surface area contributed by atoms with Crippen molar-refractivity contribution in [3.63, 3.8) is 0 Å². The minimum absolute atomic E-state index is 0.00908. The molecule has 0 aliphatic carbocycles. The van der Waals surface area contributed by atoms with E-state index in [0.717, 1.165) is 28.2 Å². The van der Waals surface area contributed by atoms with Crippen LogP contribution >= 0.6 is 11.8 Å². The van der Waals surface area contributed by atoms with E-state index in [-0.39, 0.29) is 16.4 Å². The van der Waals surface area contributed by atoms with Gasteiger partial charge in [0.2, 0.25) is 5.91 Å². The Hall–Kier alpha value is -2.67. The van der Waals surface area contributed by atoms with Crippen LogP contribution in [0.2, 0.25) is 0 Å². The lowest BCUT2D eigenvalue weighted by atomic mass is 10.0. The molecule has 1 aromatic carbocycles. The third-order valence-corrected chi connectivity index (χ3v) is 5.98. The Balaban J connectivity index is 1.93. The van der Waals surface area contributed by atoms with E-state index in [9.17, 15) is 4.79 Å². The number of amides is 1. The number of aromatic nitrogens is 4. The standard InChI is InChI=1S/C20H21N5OS/c1-11-10-12(2)22-20(21-11)25-18-16(13(3)24-25)17(15-8-6-5-7-9-15)27-14(4)19(26)23-18/h5-10,14,17H,1-4H3,(H,23,26)/t14-,17+/m0/s1. The lowest BCUT2D eigenvalue weighted by Gasteiger charge is -2.17. The van der Waals surface area contributed by atoms with Crippen molar-refractivity contribution in [2.75, 3.05) is 5.32 Å². The van der Waals surface area contributed by atoms with Gasteiger partial charge in [-0.25, -0.2) is 9.97 Å². The largest absolute Gasteiger partial charge is 0.309 e. The highest BCUT2D eigenvalue weighted by Crippen LogP contribution is 2.45. The second-order valence-corrected chi connectivity index (χ2v) is 8.22. The molecule has 1 N–H and O–H groups in total. The van der Waals surface area contributed by atoms with Crippen LogP contribution in [0.4, 0.5) is 5.82 Å². The van der Waals surface area contributed by atoms with E-state index in [0.29, 0.717) is 11.8 Å². The molecule has 0 spiro atoms. The molecule has 1 aliphatic heterocycles. The zero-order valence-corrected chi connectivity index (χ0v) is 16.5. The maximum atomic E-state index is 12.7. The number of nitrogens with zero attached hydrogens (tertiary/aromatic N) is 4. The predicted molar refractivity (Wildman–Crippen MR) is 107 cm³/mol. The highest BCUT2D eigenvalue weighted by atomic mass is 32.2. The molecule has 0 bridgehead atoms. The molecule has 0 saturated heterocycles. The van der Waals surface area contributed by atoms with Crippen molar-refractivity contribution < 1.29 is 4.79 Å². The molecule has 1 aliphatic rings. The number of hydrogen-bond acceptors (Lipinski definition) is 5. The van der Waals surface area contributed by atoms with Crippen LogP contribution in [0, 0.1) is 20.8 Å². The summed E-state index contributed by atoms with van der Waals surface area (Å²) in [5, 5.41) is 7.57. The van der Waals surface area contributed by atoms with Crippen LogP contribution in [-0.2, 0) is 4.79 Å². The van der Waals surface area contributed by atoms with Crippen molar-refractivity contribution in [3.8, 4) is 5.95 Å². The zero-order chi connectivity index (χ0) is 19.1. The predicted octanol–water partition coefficient (Wildman–Crippen LogP) is 3.75. The van der Waals surface area contributed by atoms with E-state index in [2.05, 4.69) is 32.5 Å². The normalized spacial score (nSPS) is 19.3. The topological polar surface area (TPSA) is 72.7 Å². The van der Waals surface area contributed by atoms with Gasteiger partial charge in [-0.15, -0.1) is 11.8 Å². The quantitative estimate of drug-likeness (QED) is 0.734. The molecule has 6 nitrogen and oxygen atoms in total. The molecule has 0 fully saturated rings. The third-order valence-electron chi connectivity index (χ3n) is 4.58. The maximum Gasteiger partial charge on any atom is 0.252 e. The summed E-state index contributed by atoms with van der Waals surface area (Å²) in [5.74, 6) is 1.10. The summed E-state index contributed by atoms with van der Waals surface area (Å²) in [6.45, 7) is 7.76. The molecule has 2 aromatic heterocycles. The highest BCUT2D eigenvalue weighted by Gasteiger charge is 2.34. The van der Waals surface area contributed by atoms with Gasteiger partial charge >= 0.3 is 0 Å². The first-order valence-corrected chi connectivity index (χ1v) is 9.81. The van der Waals surface area contributed by atoms with Gasteiger partial charge in [-0.1, -0.05) is 30.3 Å². The van der Waals surface area contributed by atoms with Crippen LogP contribution in [0.5, 0.6) is 0 Å². The molecule has 0 unspecified atom stereocenters. The van der Waals surface area contributed by atoms with Gasteiger partial charge in [-0.2, -0.15) is 9.78 Å². The molecule has 3 heterocycles. The SMILES string of the molecule is Cc1cc(C)nc(-n2nc(C)c3c2NC(=O)[C@H](C)S[C@@H]3c2ccccc2)n1. The van der Waals surface area contributed by atoms with Gasteiger partial charge < -0.3 is 5.32 Å². The van der Waals surface area contributed by atoms with Crippen LogP contribution in [0.15, 0.2) is 36.4 Å². The molecular weight excluding hydrogens is 358 g/mol. The van der Waals surface area contributed by atoms with Crippen molar-refractivity contribution in [1.82, 2.24) is 19.7 Å². The van der Waals surface area contributed by atoms with Gasteiger partial charge in [0.1, 0.15) is 5.82 Å². The third kappa shape index (κ3) is 3.23. The molecule has 4 rings (SSSR count). The Morgan fingerprint density at radius 1 is 1.07 bits per heavy atom. The number of fused-ring (bicyclic) bond motifs is 1. The van der Waals surface area contributed by atoms with Crippen LogP contribution < -0.4 is 5.32 Å². The minimum Gasteiger partial charge on any atom is -0.309 e. The second kappa shape index (κ2) is 6.81. The van der Waals surface area contributed by atoms with Gasteiger partial charge in [0.25, 0.3) is 5.95 Å². The second-order valence-electron chi connectivity index (χ2n) is 6.77. The van der Waals surface area contributed by atoms with Crippen LogP contribution in [0.1, 0.15) is 40.4 Å². The Morgan fingerprint density at radius 2 is 1.74 bits per heavy atom. The number of carbonyl (C=O) groups excluding carboxylic acids is 1. The van der Waals surface area contributed by atoms with E-state index < -0.39 is 0 Å². The summed E-state index contributed by atoms with van der Waals surface area (Å²) < 4.78 is 1.66. The van der Waals surface area contributed by atoms with Crippen LogP contribution in [0.25, 0.3) is 5.95 Å². The lowest BCUT2D eigenvalue weighted by molar-refractivity contribution is -0.115. The number of thioether (sulfide) groups is 1. The highest BCUT2D eigenvalue weighted by molar-refractivity contribution is 8.01. The van der Waals surface area contributed by atoms with Crippen LogP contribution in [0.3, 0.4) is 0 Å². The first kappa shape index (κ1) is 17.7. The molecule has 2 atom stereocenters. The minimum atomic E-state index is -0.185. The van der Waals surface area contributed by atoms with Crippen molar-refractivity contribution in [1.29, 1.82) is 0 Å². The fourth-order valence-corrected chi connectivity index (χ4v) is 4.67. The van der Waals surface area contributed by atoms with Gasteiger partial charge in [0, 0.05) is 17.0 Å². The molecule has 27 heavy (non-hydrogen) atoms. The van der Waals surface area contributed by atoms with E-state index in [1.807, 2.05) is 52.0 Å². The average molecular weight is 379 g/mol. The van der Waals surface area contributed by atoms with Gasteiger partial charge in [-0.3, -0.25) is 4.79 Å². The first-order chi connectivity index (χ1) is 12.9. The Kier molecular flexibility index (Phi) is 4.47. The van der Waals surface area contributed by atoms with Crippen molar-refractivity contribution >= 4 is 23.5 Å². The first-order valence-electron chi connectivity index (χ1n) is 8.87. The molecule has 1 amide bonds.